The molecule has 0 saturated heterocycles. The number of hydrogen-bond acceptors (Lipinski definition) is 5. The average Bonchev–Trinajstić information content (AvgIpc) is 3.03. The molecular formula is C18H18BrNO5. The molecule has 25 heavy (non-hydrogen) atoms. The Hall–Kier alpha value is -2.41. The van der Waals surface area contributed by atoms with Gasteiger partial charge in [0.05, 0.1) is 0 Å². The van der Waals surface area contributed by atoms with Crippen LogP contribution in [0.1, 0.15) is 39.8 Å². The molecule has 132 valence electrons. The Balaban J connectivity index is 1.79. The number of carbonyl (C=O) groups is 3. The second-order valence-electron chi connectivity index (χ2n) is 5.39. The third-order valence-electron chi connectivity index (χ3n) is 3.40. The molecule has 0 fully saturated rings. The summed E-state index contributed by atoms with van der Waals surface area (Å²) >= 11 is 3.09. The summed E-state index contributed by atoms with van der Waals surface area (Å²) in [6.07, 6.45) is 1.63. The van der Waals surface area contributed by atoms with Crippen LogP contribution in [0.25, 0.3) is 0 Å². The van der Waals surface area contributed by atoms with E-state index in [0.717, 1.165) is 18.4 Å². The molecule has 0 unspecified atom stereocenters. The Bertz CT molecular complexity index is 751. The van der Waals surface area contributed by atoms with E-state index < -0.39 is 5.97 Å². The van der Waals surface area contributed by atoms with Gasteiger partial charge < -0.3 is 14.5 Å². The number of ketones is 1. The lowest BCUT2D eigenvalue weighted by Gasteiger charge is -2.05. The molecule has 2 rings (SSSR count). The van der Waals surface area contributed by atoms with Crippen LogP contribution in [0.5, 0.6) is 0 Å². The molecule has 1 N–H and O–H groups in total. The van der Waals surface area contributed by atoms with Crippen molar-refractivity contribution in [3.8, 4) is 0 Å². The number of furan rings is 1. The maximum atomic E-state index is 12.1. The zero-order valence-electron chi connectivity index (χ0n) is 13.7. The second kappa shape index (κ2) is 9.17. The van der Waals surface area contributed by atoms with Gasteiger partial charge in [-0.1, -0.05) is 24.3 Å². The van der Waals surface area contributed by atoms with E-state index in [4.69, 9.17) is 9.15 Å². The fourth-order valence-corrected chi connectivity index (χ4v) is 2.43. The van der Waals surface area contributed by atoms with Crippen LogP contribution in [-0.2, 0) is 16.0 Å². The molecule has 1 aromatic carbocycles. The van der Waals surface area contributed by atoms with Gasteiger partial charge in [0.15, 0.2) is 17.1 Å². The first kappa shape index (κ1) is 18.9. The summed E-state index contributed by atoms with van der Waals surface area (Å²) < 4.78 is 10.4. The van der Waals surface area contributed by atoms with Crippen molar-refractivity contribution >= 4 is 33.6 Å². The van der Waals surface area contributed by atoms with Crippen molar-refractivity contribution in [1.29, 1.82) is 0 Å². The van der Waals surface area contributed by atoms with Crippen molar-refractivity contribution in [3.63, 3.8) is 0 Å². The number of aryl methyl sites for hydroxylation is 1. The molecule has 1 heterocycles. The van der Waals surface area contributed by atoms with Gasteiger partial charge in [0, 0.05) is 19.0 Å². The van der Waals surface area contributed by atoms with Gasteiger partial charge in [-0.05, 0) is 46.5 Å². The predicted molar refractivity (Wildman–Crippen MR) is 94.5 cm³/mol. The number of amides is 1. The lowest BCUT2D eigenvalue weighted by Crippen LogP contribution is -2.21. The van der Waals surface area contributed by atoms with Crippen LogP contribution in [0.4, 0.5) is 0 Å². The van der Waals surface area contributed by atoms with Crippen LogP contribution in [0.3, 0.4) is 0 Å². The number of Topliss-reactive ketones (excluding diaryl/α,β-unsaturated/α-hetero) is 1. The molecule has 0 atom stereocenters. The number of hydrogen-bond donors (Lipinski definition) is 1. The van der Waals surface area contributed by atoms with Gasteiger partial charge in [0.2, 0.25) is 11.7 Å². The summed E-state index contributed by atoms with van der Waals surface area (Å²) in [5.41, 5.74) is 1.54. The molecular weight excluding hydrogens is 390 g/mol. The molecule has 0 spiro atoms. The monoisotopic (exact) mass is 407 g/mol. The van der Waals surface area contributed by atoms with Crippen molar-refractivity contribution in [2.24, 2.45) is 0 Å². The maximum absolute atomic E-state index is 12.1. The van der Waals surface area contributed by atoms with Gasteiger partial charge in [0.1, 0.15) is 0 Å². The lowest BCUT2D eigenvalue weighted by atomic mass is 10.1. The summed E-state index contributed by atoms with van der Waals surface area (Å²) in [7, 11) is 0. The molecule has 0 aliphatic heterocycles. The molecule has 0 saturated carbocycles. The first-order valence-corrected chi connectivity index (χ1v) is 8.54. The Morgan fingerprint density at radius 1 is 1.12 bits per heavy atom. The fraction of sp³-hybridized carbons (Fsp3) is 0.278. The van der Waals surface area contributed by atoms with Crippen molar-refractivity contribution in [3.05, 3.63) is 58.0 Å². The highest BCUT2D eigenvalue weighted by Crippen LogP contribution is 2.15. The van der Waals surface area contributed by atoms with Gasteiger partial charge in [-0.3, -0.25) is 9.59 Å². The number of esters is 1. The summed E-state index contributed by atoms with van der Waals surface area (Å²) in [5.74, 6) is -0.982. The van der Waals surface area contributed by atoms with E-state index in [1.807, 2.05) is 12.1 Å². The number of benzene rings is 1. The minimum Gasteiger partial charge on any atom is -0.451 e. The number of ether oxygens (including phenoxy) is 1. The van der Waals surface area contributed by atoms with Crippen LogP contribution >= 0.6 is 15.9 Å². The second-order valence-corrected chi connectivity index (χ2v) is 6.17. The zero-order chi connectivity index (χ0) is 18.2. The van der Waals surface area contributed by atoms with Crippen LogP contribution < -0.4 is 5.32 Å². The highest BCUT2D eigenvalue weighted by atomic mass is 79.9. The quantitative estimate of drug-likeness (QED) is 0.412. The van der Waals surface area contributed by atoms with Crippen LogP contribution in [0, 0.1) is 0 Å². The summed E-state index contributed by atoms with van der Waals surface area (Å²) in [5, 5.41) is 2.74. The first-order chi connectivity index (χ1) is 12.0. The molecule has 0 aliphatic carbocycles. The smallest absolute Gasteiger partial charge is 0.374 e. The minimum atomic E-state index is -0.686. The minimum absolute atomic E-state index is 0.0363. The van der Waals surface area contributed by atoms with E-state index in [1.165, 1.54) is 13.0 Å². The average molecular weight is 408 g/mol. The predicted octanol–water partition coefficient (Wildman–Crippen LogP) is 3.15. The van der Waals surface area contributed by atoms with Crippen LogP contribution in [0.2, 0.25) is 0 Å². The molecule has 0 radical (unpaired) electrons. The molecule has 2 aromatic rings. The Morgan fingerprint density at radius 3 is 2.44 bits per heavy atom. The molecule has 7 heteroatoms. The summed E-state index contributed by atoms with van der Waals surface area (Å²) in [6, 6.07) is 10.1. The van der Waals surface area contributed by atoms with Crippen LogP contribution in [0.15, 0.2) is 45.5 Å². The van der Waals surface area contributed by atoms with Crippen molar-refractivity contribution in [1.82, 2.24) is 5.32 Å². The molecule has 0 bridgehead atoms. The third kappa shape index (κ3) is 6.19. The van der Waals surface area contributed by atoms with Gasteiger partial charge >= 0.3 is 5.97 Å². The van der Waals surface area contributed by atoms with Crippen molar-refractivity contribution in [2.75, 3.05) is 13.2 Å². The molecule has 1 aromatic heterocycles. The van der Waals surface area contributed by atoms with E-state index in [0.29, 0.717) is 16.8 Å². The number of carbonyl (C=O) groups excluding carboxylic acids is 3. The SMILES string of the molecule is CC(=O)NCCCc1ccc(C(=O)COC(=O)c2ccc(Br)o2)cc1. The lowest BCUT2D eigenvalue weighted by molar-refractivity contribution is -0.118. The Kier molecular flexibility index (Phi) is 6.94. The number of halogens is 1. The standard InChI is InChI=1S/C18H18BrNO5/c1-12(21)20-10-2-3-13-4-6-14(7-5-13)15(22)11-24-18(23)16-8-9-17(19)25-16/h4-9H,2-3,10-11H2,1H3,(H,20,21). The zero-order valence-corrected chi connectivity index (χ0v) is 15.3. The van der Waals surface area contributed by atoms with Crippen molar-refractivity contribution in [2.45, 2.75) is 19.8 Å². The highest BCUT2D eigenvalue weighted by Gasteiger charge is 2.15. The van der Waals surface area contributed by atoms with Gasteiger partial charge in [0.25, 0.3) is 0 Å². The van der Waals surface area contributed by atoms with Crippen molar-refractivity contribution < 1.29 is 23.5 Å². The van der Waals surface area contributed by atoms with E-state index in [-0.39, 0.29) is 24.1 Å². The van der Waals surface area contributed by atoms with Gasteiger partial charge in [-0.2, -0.15) is 0 Å². The van der Waals surface area contributed by atoms with E-state index in [2.05, 4.69) is 21.2 Å². The highest BCUT2D eigenvalue weighted by molar-refractivity contribution is 9.10. The molecule has 1 amide bonds. The van der Waals surface area contributed by atoms with Gasteiger partial charge in [-0.15, -0.1) is 0 Å². The molecule has 6 nitrogen and oxygen atoms in total. The normalized spacial score (nSPS) is 10.3. The first-order valence-electron chi connectivity index (χ1n) is 7.75. The summed E-state index contributed by atoms with van der Waals surface area (Å²) in [6.45, 7) is 1.76. The Labute approximate surface area is 153 Å². The topological polar surface area (TPSA) is 85.6 Å². The Morgan fingerprint density at radius 2 is 1.84 bits per heavy atom. The van der Waals surface area contributed by atoms with E-state index >= 15 is 0 Å². The van der Waals surface area contributed by atoms with Gasteiger partial charge in [-0.25, -0.2) is 4.79 Å². The summed E-state index contributed by atoms with van der Waals surface area (Å²) in [4.78, 5) is 34.6. The maximum Gasteiger partial charge on any atom is 0.374 e. The third-order valence-corrected chi connectivity index (χ3v) is 3.83. The van der Waals surface area contributed by atoms with E-state index in [9.17, 15) is 14.4 Å². The van der Waals surface area contributed by atoms with Crippen LogP contribution in [-0.4, -0.2) is 30.8 Å². The molecule has 0 aliphatic rings. The number of rotatable bonds is 8. The number of nitrogens with one attached hydrogen (secondary N) is 1. The largest absolute Gasteiger partial charge is 0.451 e. The van der Waals surface area contributed by atoms with E-state index in [1.54, 1.807) is 18.2 Å². The fourth-order valence-electron chi connectivity index (χ4n) is 2.12.